The fourth-order valence-electron chi connectivity index (χ4n) is 1.19. The van der Waals surface area contributed by atoms with E-state index in [0.717, 1.165) is 12.8 Å². The standard InChI is InChI=1S/C9H15N5OS/c1-5(8(15)11-7-3-4-7)16-9-13-12-6(2)14(9)10/h5,7H,3-4,10H2,1-2H3,(H,11,15)/t5-/m1/s1. The van der Waals surface area contributed by atoms with Crippen LogP contribution in [0.2, 0.25) is 0 Å². The highest BCUT2D eigenvalue weighted by Crippen LogP contribution is 2.23. The minimum atomic E-state index is -0.202. The molecular formula is C9H15N5OS. The van der Waals surface area contributed by atoms with E-state index in [1.165, 1.54) is 16.4 Å². The van der Waals surface area contributed by atoms with Crippen LogP contribution in [0.3, 0.4) is 0 Å². The van der Waals surface area contributed by atoms with Crippen molar-refractivity contribution in [3.63, 3.8) is 0 Å². The molecule has 0 spiro atoms. The van der Waals surface area contributed by atoms with E-state index in [4.69, 9.17) is 5.84 Å². The minimum absolute atomic E-state index is 0.0353. The van der Waals surface area contributed by atoms with Crippen LogP contribution in [0.25, 0.3) is 0 Å². The lowest BCUT2D eigenvalue weighted by atomic mass is 10.4. The van der Waals surface area contributed by atoms with Crippen molar-refractivity contribution in [1.29, 1.82) is 0 Å². The van der Waals surface area contributed by atoms with Crippen LogP contribution >= 0.6 is 11.8 Å². The second kappa shape index (κ2) is 4.32. The van der Waals surface area contributed by atoms with Gasteiger partial charge in [-0.1, -0.05) is 11.8 Å². The summed E-state index contributed by atoms with van der Waals surface area (Å²) in [6.45, 7) is 3.61. The third-order valence-corrected chi connectivity index (χ3v) is 3.47. The van der Waals surface area contributed by atoms with E-state index in [0.29, 0.717) is 17.0 Å². The third kappa shape index (κ3) is 2.46. The Morgan fingerprint density at radius 2 is 2.31 bits per heavy atom. The molecule has 0 saturated heterocycles. The molecule has 1 saturated carbocycles. The molecule has 2 rings (SSSR count). The summed E-state index contributed by atoms with van der Waals surface area (Å²) >= 11 is 1.32. The topological polar surface area (TPSA) is 85.8 Å². The Morgan fingerprint density at radius 1 is 1.62 bits per heavy atom. The van der Waals surface area contributed by atoms with E-state index in [1.54, 1.807) is 6.92 Å². The predicted molar refractivity (Wildman–Crippen MR) is 61.4 cm³/mol. The second-order valence-electron chi connectivity index (χ2n) is 3.94. The van der Waals surface area contributed by atoms with Gasteiger partial charge >= 0.3 is 0 Å². The summed E-state index contributed by atoms with van der Waals surface area (Å²) < 4.78 is 1.39. The SMILES string of the molecule is Cc1nnc(S[C@H](C)C(=O)NC2CC2)n1N. The summed E-state index contributed by atoms with van der Waals surface area (Å²) in [5.41, 5.74) is 0. The van der Waals surface area contributed by atoms with E-state index in [1.807, 2.05) is 6.92 Å². The van der Waals surface area contributed by atoms with Crippen molar-refractivity contribution >= 4 is 17.7 Å². The van der Waals surface area contributed by atoms with Crippen LogP contribution in [0, 0.1) is 6.92 Å². The van der Waals surface area contributed by atoms with Crippen molar-refractivity contribution in [3.8, 4) is 0 Å². The molecule has 0 aromatic carbocycles. The normalized spacial score (nSPS) is 17.1. The van der Waals surface area contributed by atoms with Gasteiger partial charge < -0.3 is 11.2 Å². The zero-order valence-corrected chi connectivity index (χ0v) is 10.1. The molecule has 1 aliphatic carbocycles. The van der Waals surface area contributed by atoms with Crippen molar-refractivity contribution in [2.45, 2.75) is 43.1 Å². The van der Waals surface area contributed by atoms with Crippen LogP contribution in [0.4, 0.5) is 0 Å². The van der Waals surface area contributed by atoms with Crippen molar-refractivity contribution in [1.82, 2.24) is 20.2 Å². The highest BCUT2D eigenvalue weighted by atomic mass is 32.2. The summed E-state index contributed by atoms with van der Waals surface area (Å²) in [6.07, 6.45) is 2.19. The van der Waals surface area contributed by atoms with Crippen molar-refractivity contribution in [2.24, 2.45) is 0 Å². The lowest BCUT2D eigenvalue weighted by Gasteiger charge is -2.10. The molecule has 1 atom stereocenters. The molecule has 6 nitrogen and oxygen atoms in total. The summed E-state index contributed by atoms with van der Waals surface area (Å²) in [5, 5.41) is 11.0. The van der Waals surface area contributed by atoms with Gasteiger partial charge in [-0.2, -0.15) is 0 Å². The van der Waals surface area contributed by atoms with E-state index in [9.17, 15) is 4.79 Å². The Hall–Kier alpha value is -1.24. The van der Waals surface area contributed by atoms with Crippen LogP contribution in [0.15, 0.2) is 5.16 Å². The monoisotopic (exact) mass is 241 g/mol. The molecule has 88 valence electrons. The van der Waals surface area contributed by atoms with Crippen molar-refractivity contribution in [2.75, 3.05) is 5.84 Å². The first kappa shape index (κ1) is 11.3. The number of aromatic nitrogens is 3. The van der Waals surface area contributed by atoms with Crippen LogP contribution in [0.1, 0.15) is 25.6 Å². The zero-order valence-electron chi connectivity index (χ0n) is 9.30. The molecule has 1 aliphatic rings. The molecule has 7 heteroatoms. The Morgan fingerprint density at radius 3 is 2.81 bits per heavy atom. The first-order chi connectivity index (χ1) is 7.58. The Bertz CT molecular complexity index is 401. The van der Waals surface area contributed by atoms with Gasteiger partial charge in [-0.05, 0) is 26.7 Å². The fourth-order valence-corrected chi connectivity index (χ4v) is 2.01. The number of carbonyl (C=O) groups is 1. The van der Waals surface area contributed by atoms with Gasteiger partial charge in [-0.25, -0.2) is 4.68 Å². The highest BCUT2D eigenvalue weighted by Gasteiger charge is 2.26. The molecule has 1 fully saturated rings. The number of thioether (sulfide) groups is 1. The van der Waals surface area contributed by atoms with Crippen LogP contribution < -0.4 is 11.2 Å². The predicted octanol–water partition coefficient (Wildman–Crippen LogP) is 0.0595. The Balaban J connectivity index is 1.92. The molecule has 3 N–H and O–H groups in total. The van der Waals surface area contributed by atoms with Gasteiger partial charge in [0.2, 0.25) is 11.1 Å². The van der Waals surface area contributed by atoms with Crippen LogP contribution in [-0.4, -0.2) is 32.1 Å². The molecule has 1 heterocycles. The molecule has 16 heavy (non-hydrogen) atoms. The van der Waals surface area contributed by atoms with Gasteiger partial charge in [-0.3, -0.25) is 4.79 Å². The number of nitrogen functional groups attached to an aromatic ring is 1. The Labute approximate surface area is 98.0 Å². The van der Waals surface area contributed by atoms with Gasteiger partial charge in [0.25, 0.3) is 0 Å². The number of carbonyl (C=O) groups excluding carboxylic acids is 1. The number of rotatable bonds is 4. The Kier molecular flexibility index (Phi) is 3.04. The average molecular weight is 241 g/mol. The quantitative estimate of drug-likeness (QED) is 0.575. The van der Waals surface area contributed by atoms with E-state index in [-0.39, 0.29) is 11.2 Å². The number of hydrogen-bond donors (Lipinski definition) is 2. The molecule has 1 aromatic rings. The molecule has 1 aromatic heterocycles. The maximum atomic E-state index is 11.7. The van der Waals surface area contributed by atoms with Gasteiger partial charge in [0.05, 0.1) is 5.25 Å². The molecular weight excluding hydrogens is 226 g/mol. The molecule has 1 amide bonds. The molecule has 0 unspecified atom stereocenters. The molecule has 0 radical (unpaired) electrons. The van der Waals surface area contributed by atoms with E-state index >= 15 is 0 Å². The van der Waals surface area contributed by atoms with Crippen molar-refractivity contribution in [3.05, 3.63) is 5.82 Å². The van der Waals surface area contributed by atoms with Crippen LogP contribution in [-0.2, 0) is 4.79 Å². The van der Waals surface area contributed by atoms with Gasteiger partial charge in [0.15, 0.2) is 0 Å². The van der Waals surface area contributed by atoms with E-state index in [2.05, 4.69) is 15.5 Å². The smallest absolute Gasteiger partial charge is 0.233 e. The lowest BCUT2D eigenvalue weighted by Crippen LogP contribution is -2.32. The zero-order chi connectivity index (χ0) is 11.7. The summed E-state index contributed by atoms with van der Waals surface area (Å²) in [5.74, 6) is 6.38. The highest BCUT2D eigenvalue weighted by molar-refractivity contribution is 8.00. The number of nitrogens with two attached hydrogens (primary N) is 1. The number of hydrogen-bond acceptors (Lipinski definition) is 5. The summed E-state index contributed by atoms with van der Waals surface area (Å²) in [6, 6.07) is 0.382. The summed E-state index contributed by atoms with van der Waals surface area (Å²) in [4.78, 5) is 11.7. The lowest BCUT2D eigenvalue weighted by molar-refractivity contribution is -0.120. The first-order valence-electron chi connectivity index (χ1n) is 5.22. The summed E-state index contributed by atoms with van der Waals surface area (Å²) in [7, 11) is 0. The number of amides is 1. The minimum Gasteiger partial charge on any atom is -0.352 e. The van der Waals surface area contributed by atoms with Crippen LogP contribution in [0.5, 0.6) is 0 Å². The average Bonchev–Trinajstić information content (AvgIpc) is 3.00. The maximum Gasteiger partial charge on any atom is 0.233 e. The molecule has 0 bridgehead atoms. The van der Waals surface area contributed by atoms with Gasteiger partial charge in [-0.15, -0.1) is 10.2 Å². The van der Waals surface area contributed by atoms with Gasteiger partial charge in [0.1, 0.15) is 5.82 Å². The van der Waals surface area contributed by atoms with Gasteiger partial charge in [0, 0.05) is 6.04 Å². The second-order valence-corrected chi connectivity index (χ2v) is 5.25. The van der Waals surface area contributed by atoms with Crippen molar-refractivity contribution < 1.29 is 4.79 Å². The third-order valence-electron chi connectivity index (χ3n) is 2.41. The number of nitrogens with one attached hydrogen (secondary N) is 1. The molecule has 0 aliphatic heterocycles. The van der Waals surface area contributed by atoms with E-state index < -0.39 is 0 Å². The fraction of sp³-hybridized carbons (Fsp3) is 0.667. The maximum absolute atomic E-state index is 11.7. The number of nitrogens with zero attached hydrogens (tertiary/aromatic N) is 3. The largest absolute Gasteiger partial charge is 0.352 e. The number of aryl methyl sites for hydroxylation is 1. The first-order valence-corrected chi connectivity index (χ1v) is 6.10.